The van der Waals surface area contributed by atoms with Gasteiger partial charge in [0.05, 0.1) is 12.3 Å². The highest BCUT2D eigenvalue weighted by molar-refractivity contribution is 7.71. The van der Waals surface area contributed by atoms with Gasteiger partial charge in [-0.05, 0) is 43.8 Å². The van der Waals surface area contributed by atoms with Gasteiger partial charge in [0.15, 0.2) is 10.6 Å². The molecular weight excluding hydrogens is 388 g/mol. The van der Waals surface area contributed by atoms with Crippen molar-refractivity contribution >= 4 is 23.8 Å². The molecule has 0 saturated heterocycles. The zero-order chi connectivity index (χ0) is 20.8. The summed E-state index contributed by atoms with van der Waals surface area (Å²) in [5, 5.41) is 19.6. The summed E-state index contributed by atoms with van der Waals surface area (Å²) >= 11 is 5.34. The van der Waals surface area contributed by atoms with Crippen LogP contribution in [-0.4, -0.2) is 32.4 Å². The minimum atomic E-state index is -0.185. The number of aromatic amines is 1. The zero-order valence-electron chi connectivity index (χ0n) is 16.4. The molecule has 7 nitrogen and oxygen atoms in total. The van der Waals surface area contributed by atoms with Crippen molar-refractivity contribution in [1.82, 2.24) is 14.8 Å². The Balaban J connectivity index is 1.71. The fourth-order valence-electron chi connectivity index (χ4n) is 2.90. The van der Waals surface area contributed by atoms with Crippen molar-refractivity contribution < 1.29 is 14.6 Å². The van der Waals surface area contributed by atoms with Gasteiger partial charge in [0.2, 0.25) is 5.91 Å². The molecule has 29 heavy (non-hydrogen) atoms. The molecule has 3 rings (SSSR count). The van der Waals surface area contributed by atoms with Gasteiger partial charge in [-0.2, -0.15) is 5.10 Å². The molecule has 0 unspecified atom stereocenters. The minimum Gasteiger partial charge on any atom is -0.508 e. The lowest BCUT2D eigenvalue weighted by atomic mass is 10.1. The van der Waals surface area contributed by atoms with Crippen LogP contribution in [0.5, 0.6) is 11.5 Å². The summed E-state index contributed by atoms with van der Waals surface area (Å²) in [5.41, 5.74) is 2.58. The van der Waals surface area contributed by atoms with Crippen LogP contribution in [0.2, 0.25) is 0 Å². The molecule has 1 amide bonds. The monoisotopic (exact) mass is 412 g/mol. The third kappa shape index (κ3) is 5.23. The molecule has 1 heterocycles. The predicted molar refractivity (Wildman–Crippen MR) is 115 cm³/mol. The van der Waals surface area contributed by atoms with E-state index in [1.165, 1.54) is 12.1 Å². The Bertz CT molecular complexity index is 1060. The lowest BCUT2D eigenvalue weighted by Crippen LogP contribution is -2.16. The van der Waals surface area contributed by atoms with Crippen molar-refractivity contribution in [2.75, 3.05) is 11.9 Å². The van der Waals surface area contributed by atoms with E-state index in [4.69, 9.17) is 17.0 Å². The number of H-pyrrole nitrogens is 1. The SMILES string of the molecule is CCCOc1cc(O)ccc1NC(=O)CCn1c(-c2cccc(C)c2)n[nH]c1=S. The van der Waals surface area contributed by atoms with Crippen LogP contribution in [0.4, 0.5) is 5.69 Å². The van der Waals surface area contributed by atoms with E-state index >= 15 is 0 Å². The zero-order valence-corrected chi connectivity index (χ0v) is 17.3. The molecule has 0 saturated carbocycles. The molecule has 0 aliphatic carbocycles. The van der Waals surface area contributed by atoms with Crippen LogP contribution in [0.25, 0.3) is 11.4 Å². The summed E-state index contributed by atoms with van der Waals surface area (Å²) in [5.74, 6) is 1.04. The molecule has 0 aliphatic rings. The van der Waals surface area contributed by atoms with Gasteiger partial charge in [0, 0.05) is 24.6 Å². The topological polar surface area (TPSA) is 92.2 Å². The predicted octanol–water partition coefficient (Wildman–Crippen LogP) is 4.44. The number of nitrogens with zero attached hydrogens (tertiary/aromatic N) is 2. The summed E-state index contributed by atoms with van der Waals surface area (Å²) in [6.07, 6.45) is 1.03. The van der Waals surface area contributed by atoms with Gasteiger partial charge < -0.3 is 15.2 Å². The highest BCUT2D eigenvalue weighted by Gasteiger charge is 2.13. The quantitative estimate of drug-likeness (QED) is 0.376. The number of nitrogens with one attached hydrogen (secondary N) is 2. The molecule has 0 bridgehead atoms. The fourth-order valence-corrected chi connectivity index (χ4v) is 3.12. The van der Waals surface area contributed by atoms with E-state index in [2.05, 4.69) is 15.5 Å². The summed E-state index contributed by atoms with van der Waals surface area (Å²) in [6, 6.07) is 12.6. The molecule has 0 aliphatic heterocycles. The van der Waals surface area contributed by atoms with Gasteiger partial charge >= 0.3 is 0 Å². The number of phenolic OH excluding ortho intramolecular Hbond substituents is 1. The second-order valence-electron chi connectivity index (χ2n) is 6.70. The Morgan fingerprint density at radius 3 is 2.90 bits per heavy atom. The van der Waals surface area contributed by atoms with Gasteiger partial charge in [0.25, 0.3) is 0 Å². The maximum atomic E-state index is 12.5. The molecule has 1 aromatic heterocycles. The summed E-state index contributed by atoms with van der Waals surface area (Å²) < 4.78 is 7.89. The lowest BCUT2D eigenvalue weighted by molar-refractivity contribution is -0.116. The van der Waals surface area contributed by atoms with Crippen molar-refractivity contribution in [3.05, 3.63) is 52.8 Å². The molecule has 2 aromatic carbocycles. The van der Waals surface area contributed by atoms with Crippen molar-refractivity contribution in [1.29, 1.82) is 0 Å². The van der Waals surface area contributed by atoms with E-state index in [0.29, 0.717) is 35.2 Å². The Kier molecular flexibility index (Phi) is 6.66. The second kappa shape index (κ2) is 9.38. The van der Waals surface area contributed by atoms with E-state index in [0.717, 1.165) is 17.5 Å². The van der Waals surface area contributed by atoms with E-state index in [1.807, 2.05) is 42.7 Å². The number of anilines is 1. The number of aromatic nitrogens is 3. The maximum absolute atomic E-state index is 12.5. The third-order valence-corrected chi connectivity index (χ3v) is 4.61. The number of carbonyl (C=O) groups excluding carboxylic acids is 1. The number of ether oxygens (including phenoxy) is 1. The largest absolute Gasteiger partial charge is 0.508 e. The average Bonchev–Trinajstić information content (AvgIpc) is 3.07. The molecule has 0 spiro atoms. The molecule has 0 atom stereocenters. The first-order valence-corrected chi connectivity index (χ1v) is 9.86. The van der Waals surface area contributed by atoms with E-state index in [9.17, 15) is 9.90 Å². The first kappa shape index (κ1) is 20.6. The van der Waals surface area contributed by atoms with Crippen molar-refractivity contribution in [2.24, 2.45) is 0 Å². The number of aryl methyl sites for hydroxylation is 1. The number of hydrogen-bond donors (Lipinski definition) is 3. The second-order valence-corrected chi connectivity index (χ2v) is 7.09. The first-order valence-electron chi connectivity index (χ1n) is 9.46. The van der Waals surface area contributed by atoms with Crippen LogP contribution in [0.3, 0.4) is 0 Å². The van der Waals surface area contributed by atoms with Crippen LogP contribution in [0.1, 0.15) is 25.3 Å². The number of benzene rings is 2. The van der Waals surface area contributed by atoms with Gasteiger partial charge in [-0.1, -0.05) is 30.7 Å². The maximum Gasteiger partial charge on any atom is 0.226 e. The number of phenols is 1. The number of aromatic hydroxyl groups is 1. The molecule has 0 fully saturated rings. The minimum absolute atomic E-state index is 0.0848. The van der Waals surface area contributed by atoms with Crippen molar-refractivity contribution in [2.45, 2.75) is 33.2 Å². The number of hydrogen-bond acceptors (Lipinski definition) is 5. The Morgan fingerprint density at radius 2 is 2.14 bits per heavy atom. The number of rotatable bonds is 8. The number of carbonyl (C=O) groups is 1. The standard InChI is InChI=1S/C21H24N4O3S/c1-3-11-28-18-13-16(26)7-8-17(18)22-19(27)9-10-25-20(23-24-21(25)29)15-6-4-5-14(2)12-15/h4-8,12-13,26H,3,9-11H2,1-2H3,(H,22,27)(H,24,29). The smallest absolute Gasteiger partial charge is 0.226 e. The summed E-state index contributed by atoms with van der Waals surface area (Å²) in [6.45, 7) is 4.88. The van der Waals surface area contributed by atoms with E-state index in [1.54, 1.807) is 6.07 Å². The molecular formula is C21H24N4O3S. The fraction of sp³-hybridized carbons (Fsp3) is 0.286. The van der Waals surface area contributed by atoms with Crippen molar-refractivity contribution in [3.63, 3.8) is 0 Å². The highest BCUT2D eigenvalue weighted by Crippen LogP contribution is 2.29. The Hall–Kier alpha value is -3.13. The van der Waals surface area contributed by atoms with Gasteiger partial charge in [-0.25, -0.2) is 0 Å². The van der Waals surface area contributed by atoms with Gasteiger partial charge in [-0.15, -0.1) is 0 Å². The van der Waals surface area contributed by atoms with Crippen LogP contribution >= 0.6 is 12.2 Å². The van der Waals surface area contributed by atoms with Gasteiger partial charge in [0.1, 0.15) is 11.5 Å². The van der Waals surface area contributed by atoms with Crippen LogP contribution in [0, 0.1) is 11.7 Å². The number of amides is 1. The molecule has 3 N–H and O–H groups in total. The van der Waals surface area contributed by atoms with Crippen molar-refractivity contribution in [3.8, 4) is 22.9 Å². The van der Waals surface area contributed by atoms with Crippen LogP contribution in [0.15, 0.2) is 42.5 Å². The van der Waals surface area contributed by atoms with E-state index in [-0.39, 0.29) is 18.1 Å². The molecule has 3 aromatic rings. The molecule has 8 heteroatoms. The summed E-state index contributed by atoms with van der Waals surface area (Å²) in [4.78, 5) is 12.5. The first-order chi connectivity index (χ1) is 14.0. The Labute approximate surface area is 174 Å². The summed E-state index contributed by atoms with van der Waals surface area (Å²) in [7, 11) is 0. The Morgan fingerprint density at radius 1 is 1.31 bits per heavy atom. The third-order valence-electron chi connectivity index (χ3n) is 4.30. The molecule has 152 valence electrons. The normalized spacial score (nSPS) is 10.7. The lowest BCUT2D eigenvalue weighted by Gasteiger charge is -2.13. The highest BCUT2D eigenvalue weighted by atomic mass is 32.1. The van der Waals surface area contributed by atoms with Crippen LogP contribution in [-0.2, 0) is 11.3 Å². The molecule has 0 radical (unpaired) electrons. The van der Waals surface area contributed by atoms with Crippen LogP contribution < -0.4 is 10.1 Å². The van der Waals surface area contributed by atoms with E-state index < -0.39 is 0 Å². The average molecular weight is 413 g/mol. The van der Waals surface area contributed by atoms with Gasteiger partial charge in [-0.3, -0.25) is 14.5 Å².